The monoisotopic (exact) mass is 391 g/mol. The molecule has 0 saturated heterocycles. The molecule has 146 valence electrons. The third-order valence-electron chi connectivity index (χ3n) is 3.87. The molecule has 2 amide bonds. The van der Waals surface area contributed by atoms with Crippen LogP contribution in [0, 0.1) is 0 Å². The molecular formula is C20H26ClN3O3. The van der Waals surface area contributed by atoms with E-state index in [1.54, 1.807) is 31.4 Å². The van der Waals surface area contributed by atoms with E-state index in [-0.39, 0.29) is 24.2 Å². The Balaban J connectivity index is 0.00000364. The molecule has 3 N–H and O–H groups in total. The second-order valence-corrected chi connectivity index (χ2v) is 5.69. The standard InChI is InChI=1S/C20H25N3O3.ClH/c1-3-21-13-14-22-20(25)18(15-7-5-4-6-8-15)23-19(24)16-9-11-17(26-2)12-10-16;/h4-12,18,21H,3,13-14H2,1-2H3,(H,22,25)(H,23,24);1H. The number of nitrogens with one attached hydrogen (secondary N) is 3. The van der Waals surface area contributed by atoms with Crippen molar-refractivity contribution in [3.63, 3.8) is 0 Å². The zero-order valence-electron chi connectivity index (χ0n) is 15.5. The number of carbonyl (C=O) groups is 2. The summed E-state index contributed by atoms with van der Waals surface area (Å²) in [6.07, 6.45) is 0. The van der Waals surface area contributed by atoms with Gasteiger partial charge in [-0.2, -0.15) is 0 Å². The van der Waals surface area contributed by atoms with Crippen molar-refractivity contribution in [2.24, 2.45) is 0 Å². The summed E-state index contributed by atoms with van der Waals surface area (Å²) in [5.41, 5.74) is 1.20. The normalized spacial score (nSPS) is 11.0. The van der Waals surface area contributed by atoms with E-state index in [9.17, 15) is 9.59 Å². The van der Waals surface area contributed by atoms with E-state index in [0.29, 0.717) is 24.4 Å². The largest absolute Gasteiger partial charge is 0.497 e. The van der Waals surface area contributed by atoms with Crippen molar-refractivity contribution in [1.82, 2.24) is 16.0 Å². The number of amides is 2. The molecule has 7 heteroatoms. The van der Waals surface area contributed by atoms with Gasteiger partial charge in [0.1, 0.15) is 11.8 Å². The lowest BCUT2D eigenvalue weighted by Gasteiger charge is -2.19. The highest BCUT2D eigenvalue weighted by atomic mass is 35.5. The summed E-state index contributed by atoms with van der Waals surface area (Å²) in [7, 11) is 1.57. The number of hydrogen-bond acceptors (Lipinski definition) is 4. The molecule has 0 aromatic heterocycles. The fraction of sp³-hybridized carbons (Fsp3) is 0.300. The van der Waals surface area contributed by atoms with Crippen LogP contribution in [0.1, 0.15) is 28.9 Å². The van der Waals surface area contributed by atoms with Gasteiger partial charge < -0.3 is 20.7 Å². The highest BCUT2D eigenvalue weighted by Crippen LogP contribution is 2.16. The van der Waals surface area contributed by atoms with Gasteiger partial charge in [0.15, 0.2) is 0 Å². The number of carbonyl (C=O) groups excluding carboxylic acids is 2. The number of likely N-dealkylation sites (N-methyl/N-ethyl adjacent to an activating group) is 1. The molecule has 0 aliphatic heterocycles. The van der Waals surface area contributed by atoms with Gasteiger partial charge in [-0.05, 0) is 36.4 Å². The van der Waals surface area contributed by atoms with Crippen LogP contribution in [-0.4, -0.2) is 38.6 Å². The van der Waals surface area contributed by atoms with E-state index in [0.717, 1.165) is 12.1 Å². The molecule has 1 unspecified atom stereocenters. The maximum absolute atomic E-state index is 12.6. The highest BCUT2D eigenvalue weighted by Gasteiger charge is 2.22. The summed E-state index contributed by atoms with van der Waals surface area (Å²) in [5, 5.41) is 8.82. The van der Waals surface area contributed by atoms with Crippen LogP contribution in [0.25, 0.3) is 0 Å². The molecular weight excluding hydrogens is 366 g/mol. The van der Waals surface area contributed by atoms with Crippen LogP contribution in [0.2, 0.25) is 0 Å². The number of methoxy groups -OCH3 is 1. The third kappa shape index (κ3) is 6.92. The van der Waals surface area contributed by atoms with Gasteiger partial charge in [-0.1, -0.05) is 37.3 Å². The smallest absolute Gasteiger partial charge is 0.252 e. The molecule has 1 atom stereocenters. The van der Waals surface area contributed by atoms with E-state index < -0.39 is 6.04 Å². The summed E-state index contributed by atoms with van der Waals surface area (Å²) >= 11 is 0. The minimum atomic E-state index is -0.757. The first-order chi connectivity index (χ1) is 12.7. The van der Waals surface area contributed by atoms with Crippen molar-refractivity contribution in [3.05, 3.63) is 65.7 Å². The van der Waals surface area contributed by atoms with E-state index >= 15 is 0 Å². The third-order valence-corrected chi connectivity index (χ3v) is 3.87. The van der Waals surface area contributed by atoms with Gasteiger partial charge in [0.05, 0.1) is 7.11 Å². The molecule has 2 aromatic rings. The Bertz CT molecular complexity index is 708. The molecule has 0 aliphatic rings. The van der Waals surface area contributed by atoms with Crippen molar-refractivity contribution in [2.45, 2.75) is 13.0 Å². The van der Waals surface area contributed by atoms with Crippen LogP contribution in [0.5, 0.6) is 5.75 Å². The summed E-state index contributed by atoms with van der Waals surface area (Å²) in [6, 6.07) is 15.2. The number of hydrogen-bond donors (Lipinski definition) is 3. The maximum atomic E-state index is 12.6. The molecule has 0 bridgehead atoms. The van der Waals surface area contributed by atoms with Crippen molar-refractivity contribution >= 4 is 24.2 Å². The van der Waals surface area contributed by atoms with Crippen LogP contribution in [0.3, 0.4) is 0 Å². The SMILES string of the molecule is CCNCCNC(=O)C(NC(=O)c1ccc(OC)cc1)c1ccccc1.Cl. The Morgan fingerprint density at radius 1 is 1.00 bits per heavy atom. The maximum Gasteiger partial charge on any atom is 0.252 e. The molecule has 0 heterocycles. The lowest BCUT2D eigenvalue weighted by atomic mass is 10.1. The second-order valence-electron chi connectivity index (χ2n) is 5.69. The predicted octanol–water partition coefficient (Wildman–Crippen LogP) is 2.31. The summed E-state index contributed by atoms with van der Waals surface area (Å²) in [5.74, 6) is 0.113. The average Bonchev–Trinajstić information content (AvgIpc) is 2.69. The fourth-order valence-electron chi connectivity index (χ4n) is 2.46. The van der Waals surface area contributed by atoms with Crippen molar-refractivity contribution in [2.75, 3.05) is 26.7 Å². The lowest BCUT2D eigenvalue weighted by Crippen LogP contribution is -2.42. The summed E-state index contributed by atoms with van der Waals surface area (Å²) in [4.78, 5) is 25.2. The highest BCUT2D eigenvalue weighted by molar-refractivity contribution is 5.98. The molecule has 0 saturated carbocycles. The van der Waals surface area contributed by atoms with Gasteiger partial charge in [-0.15, -0.1) is 12.4 Å². The van der Waals surface area contributed by atoms with Gasteiger partial charge in [-0.25, -0.2) is 0 Å². The Labute approximate surface area is 166 Å². The molecule has 2 aromatic carbocycles. The van der Waals surface area contributed by atoms with E-state index in [2.05, 4.69) is 16.0 Å². The second kappa shape index (κ2) is 11.9. The van der Waals surface area contributed by atoms with E-state index in [1.807, 2.05) is 37.3 Å². The van der Waals surface area contributed by atoms with Crippen molar-refractivity contribution in [3.8, 4) is 5.75 Å². The average molecular weight is 392 g/mol. The molecule has 0 spiro atoms. The fourth-order valence-corrected chi connectivity index (χ4v) is 2.46. The van der Waals surface area contributed by atoms with Crippen LogP contribution in [0.4, 0.5) is 0 Å². The van der Waals surface area contributed by atoms with E-state index in [4.69, 9.17) is 4.74 Å². The zero-order valence-corrected chi connectivity index (χ0v) is 16.3. The van der Waals surface area contributed by atoms with Gasteiger partial charge >= 0.3 is 0 Å². The Morgan fingerprint density at radius 2 is 1.67 bits per heavy atom. The van der Waals surface area contributed by atoms with Crippen molar-refractivity contribution < 1.29 is 14.3 Å². The first-order valence-corrected chi connectivity index (χ1v) is 8.64. The van der Waals surface area contributed by atoms with Gasteiger partial charge in [0, 0.05) is 18.7 Å². The van der Waals surface area contributed by atoms with Crippen LogP contribution in [0.15, 0.2) is 54.6 Å². The number of halogens is 1. The summed E-state index contributed by atoms with van der Waals surface area (Å²) in [6.45, 7) is 4.01. The molecule has 6 nitrogen and oxygen atoms in total. The molecule has 2 rings (SSSR count). The van der Waals surface area contributed by atoms with Crippen LogP contribution < -0.4 is 20.7 Å². The van der Waals surface area contributed by atoms with Gasteiger partial charge in [0.25, 0.3) is 5.91 Å². The number of benzene rings is 2. The molecule has 0 radical (unpaired) electrons. The topological polar surface area (TPSA) is 79.5 Å². The Morgan fingerprint density at radius 3 is 2.26 bits per heavy atom. The quantitative estimate of drug-likeness (QED) is 0.573. The minimum Gasteiger partial charge on any atom is -0.497 e. The number of rotatable bonds is 9. The van der Waals surface area contributed by atoms with Crippen molar-refractivity contribution in [1.29, 1.82) is 0 Å². The molecule has 0 fully saturated rings. The molecule has 0 aliphatic carbocycles. The predicted molar refractivity (Wildman–Crippen MR) is 108 cm³/mol. The zero-order chi connectivity index (χ0) is 18.8. The summed E-state index contributed by atoms with van der Waals surface area (Å²) < 4.78 is 5.10. The minimum absolute atomic E-state index is 0. The van der Waals surface area contributed by atoms with Gasteiger partial charge in [0.2, 0.25) is 5.91 Å². The lowest BCUT2D eigenvalue weighted by molar-refractivity contribution is -0.123. The van der Waals surface area contributed by atoms with Crippen LogP contribution >= 0.6 is 12.4 Å². The Kier molecular flexibility index (Phi) is 9.93. The van der Waals surface area contributed by atoms with Gasteiger partial charge in [-0.3, -0.25) is 9.59 Å². The number of ether oxygens (including phenoxy) is 1. The van der Waals surface area contributed by atoms with E-state index in [1.165, 1.54) is 0 Å². The first-order valence-electron chi connectivity index (χ1n) is 8.64. The molecule has 27 heavy (non-hydrogen) atoms. The van der Waals surface area contributed by atoms with Crippen LogP contribution in [-0.2, 0) is 4.79 Å². The Hall–Kier alpha value is -2.57. The first kappa shape index (κ1) is 22.5.